The molecule has 1 aliphatic heterocycles. The van der Waals surface area contributed by atoms with Gasteiger partial charge in [-0.15, -0.1) is 11.8 Å². The van der Waals surface area contributed by atoms with E-state index >= 15 is 0 Å². The quantitative estimate of drug-likeness (QED) is 0.926. The van der Waals surface area contributed by atoms with Crippen LogP contribution in [-0.4, -0.2) is 24.5 Å². The van der Waals surface area contributed by atoms with Crippen LogP contribution in [0.4, 0.5) is 0 Å². The topological polar surface area (TPSA) is 35.2 Å². The van der Waals surface area contributed by atoms with E-state index in [1.54, 1.807) is 0 Å². The summed E-state index contributed by atoms with van der Waals surface area (Å²) in [5.41, 5.74) is 7.00. The zero-order valence-corrected chi connectivity index (χ0v) is 12.4. The first-order chi connectivity index (χ1) is 8.20. The van der Waals surface area contributed by atoms with Crippen LogP contribution in [0.3, 0.4) is 0 Å². The van der Waals surface area contributed by atoms with E-state index in [2.05, 4.69) is 41.1 Å². The molecule has 1 aliphatic rings. The molecule has 0 radical (unpaired) electrons. The molecule has 4 heteroatoms. The van der Waals surface area contributed by atoms with Crippen LogP contribution in [0.1, 0.15) is 18.9 Å². The molecule has 2 N–H and O–H groups in total. The SMILES string of the molecule is CC1OCCC1Sc1ccc(Br)cc1CCN. The Labute approximate surface area is 115 Å². The van der Waals surface area contributed by atoms with Crippen LogP contribution in [0.5, 0.6) is 0 Å². The highest BCUT2D eigenvalue weighted by Crippen LogP contribution is 2.35. The van der Waals surface area contributed by atoms with E-state index in [1.165, 1.54) is 10.5 Å². The van der Waals surface area contributed by atoms with Crippen LogP contribution in [0.25, 0.3) is 0 Å². The highest BCUT2D eigenvalue weighted by molar-refractivity contribution is 9.10. The Kier molecular flexibility index (Phi) is 4.91. The average molecular weight is 316 g/mol. The summed E-state index contributed by atoms with van der Waals surface area (Å²) in [6.45, 7) is 3.74. The Morgan fingerprint density at radius 2 is 2.35 bits per heavy atom. The molecule has 2 atom stereocenters. The van der Waals surface area contributed by atoms with Gasteiger partial charge in [0, 0.05) is 21.2 Å². The van der Waals surface area contributed by atoms with Gasteiger partial charge in [-0.25, -0.2) is 0 Å². The molecule has 0 aromatic heterocycles. The molecule has 0 saturated carbocycles. The fourth-order valence-corrected chi connectivity index (χ4v) is 3.72. The number of hydrogen-bond acceptors (Lipinski definition) is 3. The maximum atomic E-state index is 5.67. The van der Waals surface area contributed by atoms with Gasteiger partial charge in [-0.3, -0.25) is 0 Å². The Hall–Kier alpha value is -0.0300. The van der Waals surface area contributed by atoms with Crippen molar-refractivity contribution in [1.29, 1.82) is 0 Å². The summed E-state index contributed by atoms with van der Waals surface area (Å²) >= 11 is 5.45. The van der Waals surface area contributed by atoms with Crippen LogP contribution in [0.2, 0.25) is 0 Å². The fraction of sp³-hybridized carbons (Fsp3) is 0.538. The van der Waals surface area contributed by atoms with Gasteiger partial charge in [-0.2, -0.15) is 0 Å². The second-order valence-electron chi connectivity index (χ2n) is 4.31. The molecule has 2 rings (SSSR count). The van der Waals surface area contributed by atoms with Gasteiger partial charge in [-0.05, 0) is 50.1 Å². The van der Waals surface area contributed by atoms with E-state index in [1.807, 2.05) is 11.8 Å². The second-order valence-corrected chi connectivity index (χ2v) is 6.51. The third-order valence-electron chi connectivity index (χ3n) is 3.02. The van der Waals surface area contributed by atoms with Crippen molar-refractivity contribution in [1.82, 2.24) is 0 Å². The third-order valence-corrected chi connectivity index (χ3v) is 5.09. The maximum Gasteiger partial charge on any atom is 0.0669 e. The van der Waals surface area contributed by atoms with Crippen molar-refractivity contribution in [3.63, 3.8) is 0 Å². The van der Waals surface area contributed by atoms with Crippen LogP contribution >= 0.6 is 27.7 Å². The molecule has 1 aromatic rings. The third kappa shape index (κ3) is 3.47. The van der Waals surface area contributed by atoms with Gasteiger partial charge < -0.3 is 10.5 Å². The van der Waals surface area contributed by atoms with E-state index in [4.69, 9.17) is 10.5 Å². The van der Waals surface area contributed by atoms with Crippen molar-refractivity contribution >= 4 is 27.7 Å². The van der Waals surface area contributed by atoms with Gasteiger partial charge in [0.1, 0.15) is 0 Å². The summed E-state index contributed by atoms with van der Waals surface area (Å²) in [7, 11) is 0. The first-order valence-electron chi connectivity index (χ1n) is 5.97. The van der Waals surface area contributed by atoms with Crippen LogP contribution < -0.4 is 5.73 Å². The predicted octanol–water partition coefficient (Wildman–Crippen LogP) is 3.22. The molecule has 1 saturated heterocycles. The Balaban J connectivity index is 2.13. The molecule has 0 amide bonds. The van der Waals surface area contributed by atoms with Crippen molar-refractivity contribution in [3.05, 3.63) is 28.2 Å². The molecule has 17 heavy (non-hydrogen) atoms. The number of halogens is 1. The van der Waals surface area contributed by atoms with Crippen molar-refractivity contribution < 1.29 is 4.74 Å². The largest absolute Gasteiger partial charge is 0.377 e. The maximum absolute atomic E-state index is 5.67. The number of nitrogens with two attached hydrogens (primary N) is 1. The molecule has 2 unspecified atom stereocenters. The number of hydrogen-bond donors (Lipinski definition) is 1. The normalized spacial score (nSPS) is 24.2. The minimum absolute atomic E-state index is 0.356. The van der Waals surface area contributed by atoms with E-state index < -0.39 is 0 Å². The van der Waals surface area contributed by atoms with Gasteiger partial charge in [0.15, 0.2) is 0 Å². The Bertz CT molecular complexity index is 386. The lowest BCUT2D eigenvalue weighted by atomic mass is 10.1. The van der Waals surface area contributed by atoms with Gasteiger partial charge in [-0.1, -0.05) is 15.9 Å². The van der Waals surface area contributed by atoms with E-state index in [0.29, 0.717) is 17.9 Å². The summed E-state index contributed by atoms with van der Waals surface area (Å²) in [5, 5.41) is 0.577. The van der Waals surface area contributed by atoms with E-state index in [0.717, 1.165) is 23.9 Å². The number of rotatable bonds is 4. The van der Waals surface area contributed by atoms with Crippen LogP contribution in [0, 0.1) is 0 Å². The lowest BCUT2D eigenvalue weighted by molar-refractivity contribution is 0.127. The molecule has 2 nitrogen and oxygen atoms in total. The average Bonchev–Trinajstić information content (AvgIpc) is 2.69. The molecular weight excluding hydrogens is 298 g/mol. The minimum atomic E-state index is 0.356. The summed E-state index contributed by atoms with van der Waals surface area (Å²) in [6.07, 6.45) is 2.43. The number of thioether (sulfide) groups is 1. The van der Waals surface area contributed by atoms with E-state index in [-0.39, 0.29) is 0 Å². The molecular formula is C13H18BrNOS. The van der Waals surface area contributed by atoms with Crippen molar-refractivity contribution in [3.8, 4) is 0 Å². The summed E-state index contributed by atoms with van der Waals surface area (Å²) in [4.78, 5) is 1.35. The number of ether oxygens (including phenoxy) is 1. The van der Waals surface area contributed by atoms with Gasteiger partial charge in [0.25, 0.3) is 0 Å². The smallest absolute Gasteiger partial charge is 0.0669 e. The highest BCUT2D eigenvalue weighted by Gasteiger charge is 2.25. The zero-order valence-electron chi connectivity index (χ0n) is 9.99. The lowest BCUT2D eigenvalue weighted by Gasteiger charge is -2.16. The van der Waals surface area contributed by atoms with Crippen LogP contribution in [-0.2, 0) is 11.2 Å². The minimum Gasteiger partial charge on any atom is -0.377 e. The molecule has 0 spiro atoms. The van der Waals surface area contributed by atoms with E-state index in [9.17, 15) is 0 Å². The molecule has 94 valence electrons. The number of benzene rings is 1. The molecule has 1 aromatic carbocycles. The fourth-order valence-electron chi connectivity index (χ4n) is 2.04. The van der Waals surface area contributed by atoms with Crippen molar-refractivity contribution in [2.45, 2.75) is 36.0 Å². The highest BCUT2D eigenvalue weighted by atomic mass is 79.9. The lowest BCUT2D eigenvalue weighted by Crippen LogP contribution is -2.13. The van der Waals surface area contributed by atoms with Gasteiger partial charge in [0.2, 0.25) is 0 Å². The Morgan fingerprint density at radius 3 is 3.00 bits per heavy atom. The van der Waals surface area contributed by atoms with Gasteiger partial charge in [0.05, 0.1) is 6.10 Å². The predicted molar refractivity (Wildman–Crippen MR) is 76.6 cm³/mol. The first kappa shape index (κ1) is 13.4. The van der Waals surface area contributed by atoms with Gasteiger partial charge >= 0.3 is 0 Å². The molecule has 0 aliphatic carbocycles. The monoisotopic (exact) mass is 315 g/mol. The summed E-state index contributed by atoms with van der Waals surface area (Å²) in [5.74, 6) is 0. The zero-order chi connectivity index (χ0) is 12.3. The summed E-state index contributed by atoms with van der Waals surface area (Å²) in [6, 6.07) is 6.46. The molecule has 0 bridgehead atoms. The molecule has 1 heterocycles. The standard InChI is InChI=1S/C13H18BrNOS/c1-9-12(5-7-16-9)17-13-3-2-11(14)8-10(13)4-6-15/h2-3,8-9,12H,4-7,15H2,1H3. The molecule has 1 fully saturated rings. The first-order valence-corrected chi connectivity index (χ1v) is 7.64. The van der Waals surface area contributed by atoms with Crippen LogP contribution in [0.15, 0.2) is 27.6 Å². The van der Waals surface area contributed by atoms with Crippen molar-refractivity contribution in [2.24, 2.45) is 5.73 Å². The van der Waals surface area contributed by atoms with Crippen molar-refractivity contribution in [2.75, 3.05) is 13.2 Å². The second kappa shape index (κ2) is 6.23. The summed E-state index contributed by atoms with van der Waals surface area (Å²) < 4.78 is 6.73. The Morgan fingerprint density at radius 1 is 1.53 bits per heavy atom.